The van der Waals surface area contributed by atoms with Crippen molar-refractivity contribution in [2.75, 3.05) is 5.32 Å². The number of aliphatic imine (C=N–C) groups is 1. The largest absolute Gasteiger partial charge is 0.378 e. The fourth-order valence-corrected chi connectivity index (χ4v) is 4.59. The van der Waals surface area contributed by atoms with E-state index in [0.717, 1.165) is 5.56 Å². The number of thioether (sulfide) groups is 1. The van der Waals surface area contributed by atoms with E-state index in [-0.39, 0.29) is 16.5 Å². The first kappa shape index (κ1) is 19.4. The third-order valence-electron chi connectivity index (χ3n) is 4.46. The summed E-state index contributed by atoms with van der Waals surface area (Å²) in [6.07, 6.45) is 2.25. The zero-order valence-corrected chi connectivity index (χ0v) is 16.7. The van der Waals surface area contributed by atoms with Gasteiger partial charge in [-0.25, -0.2) is 4.39 Å². The number of hydrogen-bond acceptors (Lipinski definition) is 5. The van der Waals surface area contributed by atoms with E-state index in [9.17, 15) is 9.18 Å². The predicted octanol–water partition coefficient (Wildman–Crippen LogP) is 4.23. The number of halogens is 1. The van der Waals surface area contributed by atoms with Gasteiger partial charge in [0.05, 0.1) is 5.54 Å². The second kappa shape index (κ2) is 6.96. The summed E-state index contributed by atoms with van der Waals surface area (Å²) < 4.78 is 14.5. The number of carbonyl (C=O) groups is 1. The van der Waals surface area contributed by atoms with Crippen molar-refractivity contribution in [2.45, 2.75) is 44.4 Å². The van der Waals surface area contributed by atoms with Crippen LogP contribution < -0.4 is 11.1 Å². The van der Waals surface area contributed by atoms with Crippen LogP contribution in [0.15, 0.2) is 41.5 Å². The van der Waals surface area contributed by atoms with Gasteiger partial charge in [0, 0.05) is 22.2 Å². The van der Waals surface area contributed by atoms with E-state index in [1.807, 2.05) is 19.9 Å². The number of pyridine rings is 1. The lowest BCUT2D eigenvalue weighted by molar-refractivity contribution is 0.102. The molecule has 1 aliphatic rings. The number of amidine groups is 1. The molecule has 3 rings (SSSR count). The Morgan fingerprint density at radius 3 is 2.63 bits per heavy atom. The molecule has 0 spiro atoms. The van der Waals surface area contributed by atoms with Gasteiger partial charge in [-0.1, -0.05) is 31.7 Å². The SMILES string of the molecule is Cc1ccc(C(=O)Nc2ccc(F)c([C@]3(C)CC(C)(C)SC(N)=N3)c2)nc1. The zero-order valence-electron chi connectivity index (χ0n) is 15.8. The molecule has 3 N–H and O–H groups in total. The van der Waals surface area contributed by atoms with Gasteiger partial charge in [0.15, 0.2) is 5.17 Å². The first-order valence-corrected chi connectivity index (χ1v) is 9.48. The Morgan fingerprint density at radius 2 is 2.00 bits per heavy atom. The molecule has 1 amide bonds. The van der Waals surface area contributed by atoms with Gasteiger partial charge >= 0.3 is 0 Å². The molecule has 0 radical (unpaired) electrons. The monoisotopic (exact) mass is 386 g/mol. The maximum Gasteiger partial charge on any atom is 0.274 e. The minimum Gasteiger partial charge on any atom is -0.378 e. The Morgan fingerprint density at radius 1 is 1.26 bits per heavy atom. The number of nitrogens with one attached hydrogen (secondary N) is 1. The number of rotatable bonds is 3. The average Bonchev–Trinajstić information content (AvgIpc) is 2.54. The van der Waals surface area contributed by atoms with E-state index in [4.69, 9.17) is 5.73 Å². The first-order valence-electron chi connectivity index (χ1n) is 8.66. The minimum absolute atomic E-state index is 0.169. The second-order valence-electron chi connectivity index (χ2n) is 7.63. The molecule has 142 valence electrons. The summed E-state index contributed by atoms with van der Waals surface area (Å²) in [5.41, 5.74) is 7.36. The van der Waals surface area contributed by atoms with Crippen LogP contribution in [0.1, 0.15) is 48.8 Å². The van der Waals surface area contributed by atoms with Gasteiger partial charge in [-0.15, -0.1) is 0 Å². The number of nitrogens with zero attached hydrogens (tertiary/aromatic N) is 2. The summed E-state index contributed by atoms with van der Waals surface area (Å²) in [4.78, 5) is 21.1. The van der Waals surface area contributed by atoms with Crippen LogP contribution in [0.3, 0.4) is 0 Å². The summed E-state index contributed by atoms with van der Waals surface area (Å²) in [6.45, 7) is 7.89. The van der Waals surface area contributed by atoms with Crippen LogP contribution >= 0.6 is 11.8 Å². The van der Waals surface area contributed by atoms with E-state index < -0.39 is 5.54 Å². The molecule has 1 atom stereocenters. The normalized spacial score (nSPS) is 21.4. The average molecular weight is 386 g/mol. The number of aryl methyl sites for hydroxylation is 1. The molecule has 1 aromatic heterocycles. The van der Waals surface area contributed by atoms with E-state index >= 15 is 0 Å². The number of benzene rings is 1. The van der Waals surface area contributed by atoms with Crippen molar-refractivity contribution in [2.24, 2.45) is 10.7 Å². The van der Waals surface area contributed by atoms with Gasteiger partial charge in [0.1, 0.15) is 11.5 Å². The van der Waals surface area contributed by atoms with Crippen molar-refractivity contribution in [3.05, 3.63) is 59.2 Å². The molecule has 0 bridgehead atoms. The third-order valence-corrected chi connectivity index (χ3v) is 5.45. The maximum atomic E-state index is 14.6. The molecule has 1 aromatic carbocycles. The quantitative estimate of drug-likeness (QED) is 0.827. The smallest absolute Gasteiger partial charge is 0.274 e. The van der Waals surface area contributed by atoms with Crippen LogP contribution in [0.2, 0.25) is 0 Å². The van der Waals surface area contributed by atoms with Gasteiger partial charge in [0.25, 0.3) is 5.91 Å². The zero-order chi connectivity index (χ0) is 19.8. The highest BCUT2D eigenvalue weighted by atomic mass is 32.2. The highest BCUT2D eigenvalue weighted by Gasteiger charge is 2.40. The Bertz CT molecular complexity index is 911. The highest BCUT2D eigenvalue weighted by Crippen LogP contribution is 2.45. The van der Waals surface area contributed by atoms with Gasteiger partial charge < -0.3 is 11.1 Å². The Kier molecular flexibility index (Phi) is 4.99. The van der Waals surface area contributed by atoms with Crippen LogP contribution in [-0.4, -0.2) is 20.8 Å². The molecule has 27 heavy (non-hydrogen) atoms. The van der Waals surface area contributed by atoms with Crippen molar-refractivity contribution < 1.29 is 9.18 Å². The molecule has 2 aromatic rings. The highest BCUT2D eigenvalue weighted by molar-refractivity contribution is 8.15. The number of carbonyl (C=O) groups excluding carboxylic acids is 1. The molecule has 0 unspecified atom stereocenters. The minimum atomic E-state index is -0.800. The molecule has 5 nitrogen and oxygen atoms in total. The summed E-state index contributed by atoms with van der Waals surface area (Å²) in [5, 5.41) is 3.22. The Hall–Kier alpha value is -2.41. The number of hydrogen-bond donors (Lipinski definition) is 2. The molecule has 0 saturated heterocycles. The molecule has 0 saturated carbocycles. The first-order chi connectivity index (χ1) is 12.6. The molecule has 7 heteroatoms. The topological polar surface area (TPSA) is 80.4 Å². The van der Waals surface area contributed by atoms with Crippen LogP contribution in [0, 0.1) is 12.7 Å². The van der Waals surface area contributed by atoms with Gasteiger partial charge in [-0.3, -0.25) is 14.8 Å². The van der Waals surface area contributed by atoms with E-state index in [1.165, 1.54) is 23.9 Å². The van der Waals surface area contributed by atoms with Gasteiger partial charge in [0.2, 0.25) is 0 Å². The van der Waals surface area contributed by atoms with Crippen LogP contribution in [-0.2, 0) is 5.54 Å². The number of anilines is 1. The molecule has 0 aliphatic carbocycles. The summed E-state index contributed by atoms with van der Waals surface area (Å²) >= 11 is 1.49. The maximum absolute atomic E-state index is 14.6. The van der Waals surface area contributed by atoms with Gasteiger partial charge in [-0.2, -0.15) is 0 Å². The fourth-order valence-electron chi connectivity index (χ4n) is 3.42. The van der Waals surface area contributed by atoms with Crippen molar-refractivity contribution in [3.8, 4) is 0 Å². The number of amides is 1. The van der Waals surface area contributed by atoms with E-state index in [0.29, 0.717) is 28.5 Å². The number of aromatic nitrogens is 1. The van der Waals surface area contributed by atoms with Crippen LogP contribution in [0.4, 0.5) is 10.1 Å². The van der Waals surface area contributed by atoms with Gasteiger partial charge in [-0.05, 0) is 50.1 Å². The summed E-state index contributed by atoms with van der Waals surface area (Å²) in [7, 11) is 0. The standard InChI is InChI=1S/C20H23FN4OS/c1-12-5-8-16(23-10-12)17(26)24-13-6-7-15(21)14(9-13)20(4)11-19(2,3)27-18(22)25-20/h5-10H,11H2,1-4H3,(H2,22,25)(H,24,26)/t20-/m0/s1. The van der Waals surface area contributed by atoms with Crippen LogP contribution in [0.5, 0.6) is 0 Å². The predicted molar refractivity (Wildman–Crippen MR) is 109 cm³/mol. The molecule has 0 fully saturated rings. The molecule has 1 aliphatic heterocycles. The Balaban J connectivity index is 1.92. The third kappa shape index (κ3) is 4.30. The fraction of sp³-hybridized carbons (Fsp3) is 0.350. The van der Waals surface area contributed by atoms with E-state index in [1.54, 1.807) is 18.3 Å². The van der Waals surface area contributed by atoms with Crippen LogP contribution in [0.25, 0.3) is 0 Å². The van der Waals surface area contributed by atoms with Crippen molar-refractivity contribution in [3.63, 3.8) is 0 Å². The molecule has 2 heterocycles. The number of nitrogens with two attached hydrogens (primary N) is 1. The lowest BCUT2D eigenvalue weighted by Crippen LogP contribution is -2.38. The molecular weight excluding hydrogens is 363 g/mol. The summed E-state index contributed by atoms with van der Waals surface area (Å²) in [6, 6.07) is 7.98. The lowest BCUT2D eigenvalue weighted by atomic mass is 9.83. The van der Waals surface area contributed by atoms with Crippen molar-refractivity contribution in [1.82, 2.24) is 4.98 Å². The van der Waals surface area contributed by atoms with Crippen molar-refractivity contribution >= 4 is 28.5 Å². The van der Waals surface area contributed by atoms with E-state index in [2.05, 4.69) is 29.1 Å². The second-order valence-corrected chi connectivity index (χ2v) is 9.36. The lowest BCUT2D eigenvalue weighted by Gasteiger charge is -2.39. The molecular formula is C20H23FN4OS. The van der Waals surface area contributed by atoms with Crippen molar-refractivity contribution in [1.29, 1.82) is 0 Å². The summed E-state index contributed by atoms with van der Waals surface area (Å²) in [5.74, 6) is -0.719. The Labute approximate surface area is 162 Å².